The van der Waals surface area contributed by atoms with Crippen molar-refractivity contribution in [3.8, 4) is 0 Å². The summed E-state index contributed by atoms with van der Waals surface area (Å²) in [7, 11) is 1.59. The Morgan fingerprint density at radius 1 is 1.05 bits per heavy atom. The van der Waals surface area contributed by atoms with Gasteiger partial charge in [-0.05, 0) is 47.0 Å². The molecule has 39 heavy (non-hydrogen) atoms. The number of carbonyl (C=O) groups is 1. The fourth-order valence-electron chi connectivity index (χ4n) is 6.67. The number of fused-ring (bicyclic) bond motifs is 2. The monoisotopic (exact) mass is 654 g/mol. The highest BCUT2D eigenvalue weighted by Crippen LogP contribution is 2.49. The van der Waals surface area contributed by atoms with Gasteiger partial charge in [0.15, 0.2) is 0 Å². The molecule has 2 aliphatic rings. The Hall–Kier alpha value is -1.48. The zero-order chi connectivity index (χ0) is 28.0. The van der Waals surface area contributed by atoms with Crippen molar-refractivity contribution in [3.05, 3.63) is 45.8 Å². The van der Waals surface area contributed by atoms with E-state index in [9.17, 15) is 9.18 Å². The van der Waals surface area contributed by atoms with Crippen molar-refractivity contribution in [2.75, 3.05) is 13.7 Å². The van der Waals surface area contributed by atoms with E-state index in [1.165, 1.54) is 44.9 Å². The van der Waals surface area contributed by atoms with Gasteiger partial charge in [-0.3, -0.25) is 9.69 Å². The molecular weight excluding hydrogens is 606 g/mol. The number of unbranched alkanes of at least 4 members (excludes halogenated alkanes) is 8. The summed E-state index contributed by atoms with van der Waals surface area (Å²) in [6, 6.07) is 7.19. The summed E-state index contributed by atoms with van der Waals surface area (Å²) in [4.78, 5) is 20.8. The molecule has 2 heterocycles. The maximum Gasteiger partial charge on any atom is 0.306 e. The summed E-state index contributed by atoms with van der Waals surface area (Å²) >= 11 is 2.26. The van der Waals surface area contributed by atoms with E-state index in [0.29, 0.717) is 12.5 Å². The summed E-state index contributed by atoms with van der Waals surface area (Å²) in [5.74, 6) is -0.131. The van der Waals surface area contributed by atoms with Gasteiger partial charge in [0.2, 0.25) is 0 Å². The molecule has 3 rings (SSSR count). The van der Waals surface area contributed by atoms with E-state index >= 15 is 0 Å². The molecule has 2 aliphatic heterocycles. The second kappa shape index (κ2) is 17.4. The van der Waals surface area contributed by atoms with Gasteiger partial charge in [0.05, 0.1) is 11.8 Å². The zero-order valence-corrected chi connectivity index (χ0v) is 26.3. The van der Waals surface area contributed by atoms with Crippen LogP contribution in [0.15, 0.2) is 39.6 Å². The van der Waals surface area contributed by atoms with E-state index < -0.39 is 0 Å². The number of piperidine rings is 1. The van der Waals surface area contributed by atoms with Crippen molar-refractivity contribution in [2.45, 2.75) is 121 Å². The fraction of sp³-hybridized carbons (Fsp3) is 0.688. The van der Waals surface area contributed by atoms with Crippen LogP contribution >= 0.6 is 22.6 Å². The van der Waals surface area contributed by atoms with Gasteiger partial charge in [-0.2, -0.15) is 0 Å². The number of benzene rings is 1. The molecular formula is C32H48FIN2O3. The van der Waals surface area contributed by atoms with Gasteiger partial charge in [0.25, 0.3) is 0 Å². The van der Waals surface area contributed by atoms with Crippen molar-refractivity contribution in [1.29, 1.82) is 0 Å². The summed E-state index contributed by atoms with van der Waals surface area (Å²) < 4.78 is 22.1. The first-order valence-electron chi connectivity index (χ1n) is 15.1. The Balaban J connectivity index is 1.70. The molecule has 2 unspecified atom stereocenters. The summed E-state index contributed by atoms with van der Waals surface area (Å²) in [5, 5.41) is 4.46. The highest BCUT2D eigenvalue weighted by molar-refractivity contribution is 14.1. The number of ether oxygens (including phenoxy) is 1. The van der Waals surface area contributed by atoms with Gasteiger partial charge in [0.1, 0.15) is 19.0 Å². The molecule has 2 bridgehead atoms. The Labute approximate surface area is 249 Å². The van der Waals surface area contributed by atoms with Crippen LogP contribution in [0.1, 0.15) is 109 Å². The number of oxime groups is 1. The van der Waals surface area contributed by atoms with E-state index in [2.05, 4.69) is 52.6 Å². The predicted octanol–water partition coefficient (Wildman–Crippen LogP) is 8.57. The first kappa shape index (κ1) is 32.0. The van der Waals surface area contributed by atoms with Crippen LogP contribution in [0.4, 0.5) is 4.39 Å². The number of esters is 1. The van der Waals surface area contributed by atoms with E-state index in [1.807, 2.05) is 16.2 Å². The number of hydrogen-bond acceptors (Lipinski definition) is 5. The SMILES string of the molecule is CCCCCCCCCCCC(=O)O[C@@H]1CC2C[C@@H](c3ccc(F)cc3)[C@@H](/C(CC)=N/OC)C1N2C/C=C/I. The molecule has 2 saturated heterocycles. The lowest BCUT2D eigenvalue weighted by Crippen LogP contribution is -2.53. The summed E-state index contributed by atoms with van der Waals surface area (Å²) in [5.41, 5.74) is 2.08. The standard InChI is InChI=1S/C32H48FIN2O3/c1-4-6-7-8-9-10-11-12-13-15-30(37)39-29-23-26-22-27(24-16-18-25(33)19-17-24)31(28(5-2)35-38-3)32(29)36(26)21-14-20-34/h14,16-20,26-27,29,31-32H,4-13,15,21-23H2,1-3H3/b20-14+,35-28+/t26?,27-,29+,31-,32?/m0/s1. The van der Waals surface area contributed by atoms with Crippen LogP contribution in [0.25, 0.3) is 0 Å². The average molecular weight is 655 g/mol. The van der Waals surface area contributed by atoms with E-state index in [-0.39, 0.29) is 35.8 Å². The molecule has 5 nitrogen and oxygen atoms in total. The minimum absolute atomic E-state index is 0.00678. The lowest BCUT2D eigenvalue weighted by Gasteiger charge is -2.45. The Morgan fingerprint density at radius 2 is 1.72 bits per heavy atom. The zero-order valence-electron chi connectivity index (χ0n) is 24.1. The van der Waals surface area contributed by atoms with Gasteiger partial charge in [0, 0.05) is 31.3 Å². The Morgan fingerprint density at radius 3 is 2.33 bits per heavy atom. The smallest absolute Gasteiger partial charge is 0.306 e. The molecule has 0 aliphatic carbocycles. The number of hydrogen-bond donors (Lipinski definition) is 0. The van der Waals surface area contributed by atoms with Crippen LogP contribution < -0.4 is 0 Å². The maximum atomic E-state index is 13.8. The molecule has 5 atom stereocenters. The first-order valence-corrected chi connectivity index (χ1v) is 16.3. The van der Waals surface area contributed by atoms with Crippen molar-refractivity contribution in [3.63, 3.8) is 0 Å². The number of halogens is 2. The number of carbonyl (C=O) groups excluding carboxylic acids is 1. The van der Waals surface area contributed by atoms with E-state index in [0.717, 1.165) is 49.9 Å². The van der Waals surface area contributed by atoms with Gasteiger partial charge in [-0.25, -0.2) is 4.39 Å². The quantitative estimate of drug-likeness (QED) is 0.0556. The van der Waals surface area contributed by atoms with Gasteiger partial charge in [-0.1, -0.05) is 111 Å². The fourth-order valence-corrected chi connectivity index (χ4v) is 6.89. The topological polar surface area (TPSA) is 51.1 Å². The van der Waals surface area contributed by atoms with Crippen molar-refractivity contribution >= 4 is 34.3 Å². The van der Waals surface area contributed by atoms with Crippen LogP contribution in [0.3, 0.4) is 0 Å². The lowest BCUT2D eigenvalue weighted by molar-refractivity contribution is -0.151. The Bertz CT molecular complexity index is 922. The second-order valence-corrected chi connectivity index (χ2v) is 11.8. The summed E-state index contributed by atoms with van der Waals surface area (Å²) in [6.45, 7) is 5.15. The maximum absolute atomic E-state index is 13.8. The van der Waals surface area contributed by atoms with Crippen LogP contribution in [-0.4, -0.2) is 48.4 Å². The molecule has 0 amide bonds. The molecule has 1 aromatic carbocycles. The van der Waals surface area contributed by atoms with Crippen LogP contribution in [-0.2, 0) is 14.4 Å². The van der Waals surface area contributed by atoms with Gasteiger partial charge in [-0.15, -0.1) is 0 Å². The van der Waals surface area contributed by atoms with E-state index in [4.69, 9.17) is 9.57 Å². The second-order valence-electron chi connectivity index (χ2n) is 11.1. The third-order valence-corrected chi connectivity index (χ3v) is 9.00. The van der Waals surface area contributed by atoms with Gasteiger partial charge < -0.3 is 9.57 Å². The molecule has 0 spiro atoms. The first-order chi connectivity index (χ1) is 19.0. The number of rotatable bonds is 17. The van der Waals surface area contributed by atoms with Crippen LogP contribution in [0.2, 0.25) is 0 Å². The van der Waals surface area contributed by atoms with Crippen molar-refractivity contribution in [2.24, 2.45) is 11.1 Å². The van der Waals surface area contributed by atoms with Crippen LogP contribution in [0.5, 0.6) is 0 Å². The van der Waals surface area contributed by atoms with Crippen molar-refractivity contribution in [1.82, 2.24) is 4.90 Å². The molecule has 1 aromatic rings. The van der Waals surface area contributed by atoms with Gasteiger partial charge >= 0.3 is 5.97 Å². The molecule has 2 fully saturated rings. The minimum atomic E-state index is -0.229. The van der Waals surface area contributed by atoms with Crippen molar-refractivity contribution < 1.29 is 18.8 Å². The highest BCUT2D eigenvalue weighted by atomic mass is 127. The van der Waals surface area contributed by atoms with E-state index in [1.54, 1.807) is 19.2 Å². The van der Waals surface area contributed by atoms with Crippen LogP contribution in [0, 0.1) is 11.7 Å². The molecule has 218 valence electrons. The molecule has 0 aromatic heterocycles. The molecule has 0 N–H and O–H groups in total. The molecule has 0 saturated carbocycles. The number of nitrogens with zero attached hydrogens (tertiary/aromatic N) is 2. The average Bonchev–Trinajstić information content (AvgIpc) is 3.16. The predicted molar refractivity (Wildman–Crippen MR) is 166 cm³/mol. The Kier molecular flexibility index (Phi) is 14.3. The molecule has 0 radical (unpaired) electrons. The third-order valence-electron chi connectivity index (χ3n) is 8.49. The lowest BCUT2D eigenvalue weighted by atomic mass is 9.72. The largest absolute Gasteiger partial charge is 0.461 e. The normalized spacial score (nSPS) is 25.4. The summed E-state index contributed by atoms with van der Waals surface area (Å²) in [6.07, 6.45) is 16.0. The highest BCUT2D eigenvalue weighted by Gasteiger charge is 2.55. The minimum Gasteiger partial charge on any atom is -0.461 e. The third kappa shape index (κ3) is 9.27. The molecule has 7 heteroatoms.